The van der Waals surface area contributed by atoms with Crippen molar-refractivity contribution in [1.29, 1.82) is 0 Å². The minimum absolute atomic E-state index is 0.0552. The number of carbonyl (C=O) groups excluding carboxylic acids is 2. The molecule has 0 saturated carbocycles. The second-order valence-corrected chi connectivity index (χ2v) is 8.00. The van der Waals surface area contributed by atoms with Crippen LogP contribution >= 0.6 is 11.3 Å². The van der Waals surface area contributed by atoms with Crippen LogP contribution in [0.3, 0.4) is 0 Å². The monoisotopic (exact) mass is 449 g/mol. The molecule has 0 aliphatic carbocycles. The number of halogens is 4. The van der Waals surface area contributed by atoms with Gasteiger partial charge in [-0.15, -0.1) is 11.3 Å². The molecule has 4 rings (SSSR count). The molecule has 0 bridgehead atoms. The quantitative estimate of drug-likeness (QED) is 0.454. The van der Waals surface area contributed by atoms with E-state index < -0.39 is 35.0 Å². The molecular weight excluding hydrogens is 434 g/mol. The summed E-state index contributed by atoms with van der Waals surface area (Å²) in [4.78, 5) is 30.7. The molecule has 2 heterocycles. The highest BCUT2D eigenvalue weighted by Crippen LogP contribution is 2.33. The Bertz CT molecular complexity index is 1160. The highest BCUT2D eigenvalue weighted by Gasteiger charge is 2.50. The molecule has 2 aromatic carbocycles. The van der Waals surface area contributed by atoms with Crippen molar-refractivity contribution in [3.8, 4) is 10.6 Å². The Morgan fingerprint density at radius 1 is 1.10 bits per heavy atom. The standard InChI is InChI=1S/C21H15F4N3O2S/c1-20(15-4-2-3-5-16(15)22)18(29)28(19(30)27-20)10-14-11-31-17(26-14)12-6-8-13(9-7-12)21(23,24)25/h2-9,11H,10H2,1H3,(H,27,30). The first-order chi connectivity index (χ1) is 14.6. The highest BCUT2D eigenvalue weighted by molar-refractivity contribution is 7.13. The number of carbonyl (C=O) groups is 2. The first kappa shape index (κ1) is 21.0. The number of amides is 3. The molecule has 3 amide bonds. The van der Waals surface area contributed by atoms with Gasteiger partial charge in [0.1, 0.15) is 16.4 Å². The molecule has 1 aliphatic heterocycles. The van der Waals surface area contributed by atoms with E-state index in [1.807, 2.05) is 0 Å². The lowest BCUT2D eigenvalue weighted by Gasteiger charge is -2.22. The van der Waals surface area contributed by atoms with Gasteiger partial charge in [0.2, 0.25) is 0 Å². The minimum atomic E-state index is -4.43. The number of nitrogens with one attached hydrogen (secondary N) is 1. The normalized spacial score (nSPS) is 19.1. The van der Waals surface area contributed by atoms with E-state index in [-0.39, 0.29) is 12.1 Å². The zero-order valence-corrected chi connectivity index (χ0v) is 16.9. The molecular formula is C21H15F4N3O2S. The van der Waals surface area contributed by atoms with E-state index in [9.17, 15) is 27.2 Å². The zero-order valence-electron chi connectivity index (χ0n) is 16.0. The van der Waals surface area contributed by atoms with Crippen molar-refractivity contribution < 1.29 is 27.2 Å². The molecule has 0 spiro atoms. The molecule has 10 heteroatoms. The van der Waals surface area contributed by atoms with E-state index >= 15 is 0 Å². The molecule has 5 nitrogen and oxygen atoms in total. The Balaban J connectivity index is 1.54. The summed E-state index contributed by atoms with van der Waals surface area (Å²) in [6, 6.07) is 9.58. The van der Waals surface area contributed by atoms with E-state index in [1.54, 1.807) is 11.4 Å². The Morgan fingerprint density at radius 2 is 1.77 bits per heavy atom. The second-order valence-electron chi connectivity index (χ2n) is 7.15. The first-order valence-corrected chi connectivity index (χ1v) is 9.99. The van der Waals surface area contributed by atoms with Crippen molar-refractivity contribution >= 4 is 23.3 Å². The van der Waals surface area contributed by atoms with Crippen molar-refractivity contribution in [1.82, 2.24) is 15.2 Å². The number of thiazole rings is 1. The van der Waals surface area contributed by atoms with Gasteiger partial charge >= 0.3 is 12.2 Å². The molecule has 1 N–H and O–H groups in total. The molecule has 1 aliphatic rings. The summed E-state index contributed by atoms with van der Waals surface area (Å²) in [7, 11) is 0. The fourth-order valence-corrected chi connectivity index (χ4v) is 4.18. The van der Waals surface area contributed by atoms with Gasteiger partial charge < -0.3 is 5.32 Å². The number of alkyl halides is 3. The van der Waals surface area contributed by atoms with Crippen molar-refractivity contribution in [2.45, 2.75) is 25.2 Å². The lowest BCUT2D eigenvalue weighted by molar-refractivity contribution is -0.137. The van der Waals surface area contributed by atoms with E-state index in [4.69, 9.17) is 0 Å². The Kier molecular flexibility index (Phi) is 5.04. The highest BCUT2D eigenvalue weighted by atomic mass is 32.1. The van der Waals surface area contributed by atoms with Crippen molar-refractivity contribution in [3.05, 3.63) is 76.5 Å². The van der Waals surface area contributed by atoms with Gasteiger partial charge in [-0.25, -0.2) is 14.2 Å². The van der Waals surface area contributed by atoms with Crippen LogP contribution in [-0.4, -0.2) is 21.8 Å². The van der Waals surface area contributed by atoms with Gasteiger partial charge in [-0.3, -0.25) is 9.69 Å². The zero-order chi connectivity index (χ0) is 22.4. The number of nitrogens with zero attached hydrogens (tertiary/aromatic N) is 2. The van der Waals surface area contributed by atoms with Gasteiger partial charge in [0, 0.05) is 16.5 Å². The molecule has 1 atom stereocenters. The molecule has 1 unspecified atom stereocenters. The second kappa shape index (κ2) is 7.45. The Hall–Kier alpha value is -3.27. The van der Waals surface area contributed by atoms with Gasteiger partial charge in [0.05, 0.1) is 17.8 Å². The third-order valence-electron chi connectivity index (χ3n) is 5.02. The summed E-state index contributed by atoms with van der Waals surface area (Å²) in [5.74, 6) is -1.23. The summed E-state index contributed by atoms with van der Waals surface area (Å²) in [5, 5.41) is 4.60. The first-order valence-electron chi connectivity index (χ1n) is 9.11. The van der Waals surface area contributed by atoms with Crippen molar-refractivity contribution in [2.24, 2.45) is 0 Å². The predicted octanol–water partition coefficient (Wildman–Crippen LogP) is 4.94. The maximum absolute atomic E-state index is 14.2. The topological polar surface area (TPSA) is 62.3 Å². The van der Waals surface area contributed by atoms with Gasteiger partial charge in [-0.2, -0.15) is 13.2 Å². The Labute approximate surface area is 178 Å². The molecule has 3 aromatic rings. The number of urea groups is 1. The summed E-state index contributed by atoms with van der Waals surface area (Å²) in [6.45, 7) is 1.28. The van der Waals surface area contributed by atoms with Crippen LogP contribution < -0.4 is 5.32 Å². The van der Waals surface area contributed by atoms with Crippen LogP contribution in [0.25, 0.3) is 10.6 Å². The molecule has 1 aromatic heterocycles. The molecule has 1 fully saturated rings. The van der Waals surface area contributed by atoms with Crippen LogP contribution in [0, 0.1) is 5.82 Å². The Morgan fingerprint density at radius 3 is 2.42 bits per heavy atom. The summed E-state index contributed by atoms with van der Waals surface area (Å²) < 4.78 is 52.4. The largest absolute Gasteiger partial charge is 0.416 e. The third kappa shape index (κ3) is 3.78. The number of aromatic nitrogens is 1. The van der Waals surface area contributed by atoms with Crippen molar-refractivity contribution in [3.63, 3.8) is 0 Å². The van der Waals surface area contributed by atoms with Crippen LogP contribution in [0.1, 0.15) is 23.7 Å². The fourth-order valence-electron chi connectivity index (χ4n) is 3.37. The van der Waals surface area contributed by atoms with Crippen LogP contribution in [0.4, 0.5) is 22.4 Å². The maximum Gasteiger partial charge on any atom is 0.416 e. The van der Waals surface area contributed by atoms with Crippen LogP contribution in [0.15, 0.2) is 53.9 Å². The van der Waals surface area contributed by atoms with Crippen molar-refractivity contribution in [2.75, 3.05) is 0 Å². The van der Waals surface area contributed by atoms with Crippen LogP contribution in [0.2, 0.25) is 0 Å². The smallest absolute Gasteiger partial charge is 0.319 e. The predicted molar refractivity (Wildman–Crippen MR) is 105 cm³/mol. The van der Waals surface area contributed by atoms with E-state index in [0.29, 0.717) is 16.3 Å². The molecule has 160 valence electrons. The minimum Gasteiger partial charge on any atom is -0.319 e. The average molecular weight is 449 g/mol. The van der Waals surface area contributed by atoms with E-state index in [2.05, 4.69) is 10.3 Å². The van der Waals surface area contributed by atoms with E-state index in [1.165, 1.54) is 48.6 Å². The maximum atomic E-state index is 14.2. The summed E-state index contributed by atoms with van der Waals surface area (Å²) >= 11 is 1.18. The lowest BCUT2D eigenvalue weighted by atomic mass is 9.91. The molecule has 0 radical (unpaired) electrons. The number of rotatable bonds is 4. The number of hydrogen-bond acceptors (Lipinski definition) is 4. The van der Waals surface area contributed by atoms with Gasteiger partial charge in [0.15, 0.2) is 0 Å². The number of benzene rings is 2. The van der Waals surface area contributed by atoms with Gasteiger partial charge in [0.25, 0.3) is 5.91 Å². The van der Waals surface area contributed by atoms with E-state index in [0.717, 1.165) is 17.0 Å². The summed E-state index contributed by atoms with van der Waals surface area (Å²) in [5.41, 5.74) is -1.38. The number of hydrogen-bond donors (Lipinski definition) is 1. The average Bonchev–Trinajstić information content (AvgIpc) is 3.27. The summed E-state index contributed by atoms with van der Waals surface area (Å²) in [6.07, 6.45) is -4.43. The van der Waals surface area contributed by atoms with Gasteiger partial charge in [-0.05, 0) is 25.1 Å². The fraction of sp³-hybridized carbons (Fsp3) is 0.190. The van der Waals surface area contributed by atoms with Crippen LogP contribution in [-0.2, 0) is 23.1 Å². The molecule has 31 heavy (non-hydrogen) atoms. The van der Waals surface area contributed by atoms with Crippen LogP contribution in [0.5, 0.6) is 0 Å². The third-order valence-corrected chi connectivity index (χ3v) is 5.96. The molecule has 1 saturated heterocycles. The lowest BCUT2D eigenvalue weighted by Crippen LogP contribution is -2.41. The van der Waals surface area contributed by atoms with Gasteiger partial charge in [-0.1, -0.05) is 30.3 Å². The SMILES string of the molecule is CC1(c2ccccc2F)NC(=O)N(Cc2csc(-c3ccc(C(F)(F)F)cc3)n2)C1=O. The number of imide groups is 1.